The molecule has 1 unspecified atom stereocenters. The molecule has 0 bridgehead atoms. The van der Waals surface area contributed by atoms with Crippen LogP contribution in [-0.4, -0.2) is 33.7 Å². The number of amides is 1. The van der Waals surface area contributed by atoms with Crippen LogP contribution in [0.25, 0.3) is 0 Å². The van der Waals surface area contributed by atoms with E-state index in [0.29, 0.717) is 19.0 Å². The van der Waals surface area contributed by atoms with Crippen LogP contribution in [0.4, 0.5) is 5.69 Å². The molecule has 0 heterocycles. The van der Waals surface area contributed by atoms with Crippen LogP contribution in [0.3, 0.4) is 0 Å². The number of rotatable bonds is 9. The summed E-state index contributed by atoms with van der Waals surface area (Å²) in [5.74, 6) is 2.06. The van der Waals surface area contributed by atoms with Gasteiger partial charge in [0.15, 0.2) is 6.54 Å². The summed E-state index contributed by atoms with van der Waals surface area (Å²) < 4.78 is 10.7. The minimum Gasteiger partial charge on any atom is -0.497 e. The van der Waals surface area contributed by atoms with E-state index in [1.165, 1.54) is 5.56 Å². The summed E-state index contributed by atoms with van der Waals surface area (Å²) in [4.78, 5) is 13.4. The van der Waals surface area contributed by atoms with E-state index in [9.17, 15) is 4.79 Å². The van der Waals surface area contributed by atoms with Gasteiger partial charge in [0.1, 0.15) is 18.0 Å². The Balaban J connectivity index is 1.92. The van der Waals surface area contributed by atoms with Gasteiger partial charge >= 0.3 is 0 Å². The summed E-state index contributed by atoms with van der Waals surface area (Å²) in [6, 6.07) is 13.9. The number of methoxy groups -OCH3 is 2. The Kier molecular flexibility index (Phi) is 7.67. The normalized spacial score (nSPS) is 12.9. The van der Waals surface area contributed by atoms with Gasteiger partial charge in [-0.1, -0.05) is 26.0 Å². The molecule has 2 N–H and O–H groups in total. The number of quaternary nitrogens is 1. The lowest BCUT2D eigenvalue weighted by Crippen LogP contribution is -3.08. The maximum atomic E-state index is 12.4. The largest absolute Gasteiger partial charge is 0.497 e. The number of carbonyl (C=O) groups is 1. The predicted molar refractivity (Wildman–Crippen MR) is 109 cm³/mol. The van der Waals surface area contributed by atoms with Gasteiger partial charge in [0.05, 0.1) is 21.3 Å². The van der Waals surface area contributed by atoms with Crippen molar-refractivity contribution >= 4 is 11.6 Å². The van der Waals surface area contributed by atoms with Crippen molar-refractivity contribution in [2.75, 3.05) is 33.1 Å². The molecule has 5 heteroatoms. The molecule has 0 radical (unpaired) electrons. The SMILES string of the molecule is CC[C@@H](C)c1ccc(NC(=O)C[NH+](C)Cc2ccc(OC)cc2OC)cc1. The molecule has 2 aromatic rings. The molecule has 2 atom stereocenters. The molecule has 0 saturated carbocycles. The summed E-state index contributed by atoms with van der Waals surface area (Å²) in [6.07, 6.45) is 1.11. The van der Waals surface area contributed by atoms with Gasteiger partial charge in [-0.2, -0.15) is 0 Å². The van der Waals surface area contributed by atoms with Crippen molar-refractivity contribution in [1.82, 2.24) is 0 Å². The monoisotopic (exact) mass is 371 g/mol. The minimum atomic E-state index is -0.00346. The summed E-state index contributed by atoms with van der Waals surface area (Å²) in [5, 5.41) is 2.98. The standard InChI is InChI=1S/C22H30N2O3/c1-6-16(2)17-7-10-19(11-8-17)23-22(25)15-24(3)14-18-9-12-20(26-4)13-21(18)27-5/h7-13,16H,6,14-15H2,1-5H3,(H,23,25)/p+1/t16-/m1/s1. The molecule has 0 aromatic heterocycles. The lowest BCUT2D eigenvalue weighted by molar-refractivity contribution is -0.885. The molecule has 2 rings (SSSR count). The molecule has 1 amide bonds. The summed E-state index contributed by atoms with van der Waals surface area (Å²) in [7, 11) is 5.27. The molecule has 146 valence electrons. The molecule has 2 aromatic carbocycles. The van der Waals surface area contributed by atoms with Crippen molar-refractivity contribution in [3.8, 4) is 11.5 Å². The maximum Gasteiger partial charge on any atom is 0.279 e. The van der Waals surface area contributed by atoms with Gasteiger partial charge in [-0.15, -0.1) is 0 Å². The van der Waals surface area contributed by atoms with Crippen LogP contribution in [-0.2, 0) is 11.3 Å². The van der Waals surface area contributed by atoms with Crippen LogP contribution in [0.2, 0.25) is 0 Å². The Morgan fingerprint density at radius 2 is 1.81 bits per heavy atom. The van der Waals surface area contributed by atoms with Crippen molar-refractivity contribution in [1.29, 1.82) is 0 Å². The van der Waals surface area contributed by atoms with E-state index in [1.54, 1.807) is 14.2 Å². The van der Waals surface area contributed by atoms with Crippen molar-refractivity contribution in [3.63, 3.8) is 0 Å². The van der Waals surface area contributed by atoms with Gasteiger partial charge in [0.25, 0.3) is 5.91 Å². The number of anilines is 1. The second kappa shape index (κ2) is 9.97. The number of hydrogen-bond donors (Lipinski definition) is 2. The number of benzene rings is 2. The van der Waals surface area contributed by atoms with Crippen LogP contribution in [0, 0.1) is 0 Å². The van der Waals surface area contributed by atoms with Gasteiger partial charge < -0.3 is 19.7 Å². The predicted octanol–water partition coefficient (Wildman–Crippen LogP) is 2.87. The molecule has 0 aliphatic carbocycles. The highest BCUT2D eigenvalue weighted by Gasteiger charge is 2.14. The van der Waals surface area contributed by atoms with E-state index in [0.717, 1.165) is 34.1 Å². The topological polar surface area (TPSA) is 52.0 Å². The van der Waals surface area contributed by atoms with E-state index in [1.807, 2.05) is 37.4 Å². The van der Waals surface area contributed by atoms with Gasteiger partial charge in [-0.05, 0) is 42.2 Å². The lowest BCUT2D eigenvalue weighted by Gasteiger charge is -2.16. The number of nitrogens with one attached hydrogen (secondary N) is 2. The fourth-order valence-electron chi connectivity index (χ4n) is 3.00. The molecule has 5 nitrogen and oxygen atoms in total. The zero-order valence-corrected chi connectivity index (χ0v) is 17.0. The van der Waals surface area contributed by atoms with Crippen LogP contribution < -0.4 is 19.7 Å². The molecular weight excluding hydrogens is 340 g/mol. The first-order valence-corrected chi connectivity index (χ1v) is 9.38. The first-order valence-electron chi connectivity index (χ1n) is 9.38. The summed E-state index contributed by atoms with van der Waals surface area (Å²) >= 11 is 0. The highest BCUT2D eigenvalue weighted by molar-refractivity contribution is 5.91. The maximum absolute atomic E-state index is 12.4. The van der Waals surface area contributed by atoms with Crippen LogP contribution >= 0.6 is 0 Å². The van der Waals surface area contributed by atoms with Crippen LogP contribution in [0.1, 0.15) is 37.3 Å². The number of hydrogen-bond acceptors (Lipinski definition) is 3. The third-order valence-electron chi connectivity index (χ3n) is 4.82. The average Bonchev–Trinajstić information content (AvgIpc) is 2.68. The van der Waals surface area contributed by atoms with Gasteiger partial charge in [-0.25, -0.2) is 0 Å². The van der Waals surface area contributed by atoms with Crippen molar-refractivity contribution < 1.29 is 19.2 Å². The van der Waals surface area contributed by atoms with E-state index >= 15 is 0 Å². The van der Waals surface area contributed by atoms with Gasteiger partial charge in [-0.3, -0.25) is 4.79 Å². The first kappa shape index (κ1) is 20.8. The van der Waals surface area contributed by atoms with E-state index < -0.39 is 0 Å². The Morgan fingerprint density at radius 3 is 2.41 bits per heavy atom. The second-order valence-electron chi connectivity index (χ2n) is 6.97. The molecule has 27 heavy (non-hydrogen) atoms. The third kappa shape index (κ3) is 6.00. The number of likely N-dealkylation sites (N-methyl/N-ethyl adjacent to an activating group) is 1. The fourth-order valence-corrected chi connectivity index (χ4v) is 3.00. The second-order valence-corrected chi connectivity index (χ2v) is 6.97. The molecule has 0 spiro atoms. The minimum absolute atomic E-state index is 0.00346. The van der Waals surface area contributed by atoms with Gasteiger partial charge in [0, 0.05) is 17.3 Å². The first-order chi connectivity index (χ1) is 13.0. The zero-order chi connectivity index (χ0) is 19.8. The smallest absolute Gasteiger partial charge is 0.279 e. The molecule has 0 saturated heterocycles. The highest BCUT2D eigenvalue weighted by atomic mass is 16.5. The van der Waals surface area contributed by atoms with Crippen LogP contribution in [0.5, 0.6) is 11.5 Å². The summed E-state index contributed by atoms with van der Waals surface area (Å²) in [6.45, 7) is 5.45. The Hall–Kier alpha value is -2.53. The van der Waals surface area contributed by atoms with Gasteiger partial charge in [0.2, 0.25) is 0 Å². The third-order valence-corrected chi connectivity index (χ3v) is 4.82. The quantitative estimate of drug-likeness (QED) is 0.713. The van der Waals surface area contributed by atoms with E-state index in [-0.39, 0.29) is 5.91 Å². The van der Waals surface area contributed by atoms with Crippen molar-refractivity contribution in [2.24, 2.45) is 0 Å². The molecule has 0 aliphatic rings. The lowest BCUT2D eigenvalue weighted by atomic mass is 9.99. The van der Waals surface area contributed by atoms with E-state index in [4.69, 9.17) is 9.47 Å². The molecule has 0 fully saturated rings. The van der Waals surface area contributed by atoms with Crippen molar-refractivity contribution in [3.05, 3.63) is 53.6 Å². The Morgan fingerprint density at radius 1 is 1.11 bits per heavy atom. The molecule has 0 aliphatic heterocycles. The fraction of sp³-hybridized carbons (Fsp3) is 0.409. The van der Waals surface area contributed by atoms with E-state index in [2.05, 4.69) is 31.3 Å². The average molecular weight is 372 g/mol. The van der Waals surface area contributed by atoms with Crippen molar-refractivity contribution in [2.45, 2.75) is 32.7 Å². The summed E-state index contributed by atoms with van der Waals surface area (Å²) in [5.41, 5.74) is 3.17. The number of carbonyl (C=O) groups excluding carboxylic acids is 1. The number of ether oxygens (including phenoxy) is 2. The Labute approximate surface area is 162 Å². The zero-order valence-electron chi connectivity index (χ0n) is 17.0. The Bertz CT molecular complexity index is 744. The highest BCUT2D eigenvalue weighted by Crippen LogP contribution is 2.24. The molecular formula is C22H31N2O3+. The van der Waals surface area contributed by atoms with Crippen LogP contribution in [0.15, 0.2) is 42.5 Å².